The molecule has 46 valence electrons. The molecule has 1 aliphatic rings. The highest BCUT2D eigenvalue weighted by molar-refractivity contribution is 8.08. The van der Waals surface area contributed by atoms with Crippen molar-refractivity contribution in [1.29, 1.82) is 0 Å². The van der Waals surface area contributed by atoms with Gasteiger partial charge in [0, 0.05) is 0 Å². The summed E-state index contributed by atoms with van der Waals surface area (Å²) in [4.78, 5) is 10.1. The van der Waals surface area contributed by atoms with Crippen molar-refractivity contribution in [2.24, 2.45) is 0 Å². The number of carboxylic acids is 1. The maximum absolute atomic E-state index is 10.1. The van der Waals surface area contributed by atoms with Gasteiger partial charge in [0.05, 0.1) is 5.37 Å². The molecule has 1 saturated heterocycles. The first-order valence-corrected chi connectivity index (χ1v) is 3.25. The molecule has 8 heavy (non-hydrogen) atoms. The van der Waals surface area contributed by atoms with Gasteiger partial charge in [-0.25, -0.2) is 0 Å². The Morgan fingerprint density at radius 3 is 2.62 bits per heavy atom. The van der Waals surface area contributed by atoms with Gasteiger partial charge in [-0.15, -0.1) is 11.8 Å². The van der Waals surface area contributed by atoms with Crippen molar-refractivity contribution in [3.05, 3.63) is 0 Å². The van der Waals surface area contributed by atoms with Crippen LogP contribution in [-0.4, -0.2) is 28.7 Å². The lowest BCUT2D eigenvalue weighted by Crippen LogP contribution is -2.18. The molecule has 2 atom stereocenters. The second kappa shape index (κ2) is 1.95. The molecule has 0 aromatic heterocycles. The number of rotatable bonds is 2. The summed E-state index contributed by atoms with van der Waals surface area (Å²) in [5, 5.41) is 11.1. The average molecular weight is 133 g/mol. The van der Waals surface area contributed by atoms with Crippen LogP contribution >= 0.6 is 11.8 Å². The summed E-state index contributed by atoms with van der Waals surface area (Å²) < 4.78 is 0. The third-order valence-electron chi connectivity index (χ3n) is 1.02. The summed E-state index contributed by atoms with van der Waals surface area (Å²) in [7, 11) is 1.76. The van der Waals surface area contributed by atoms with E-state index in [4.69, 9.17) is 5.11 Å². The Kier molecular flexibility index (Phi) is 1.44. The monoisotopic (exact) mass is 133 g/mol. The van der Waals surface area contributed by atoms with Crippen LogP contribution in [0.2, 0.25) is 0 Å². The molecule has 0 spiro atoms. The van der Waals surface area contributed by atoms with E-state index in [1.165, 1.54) is 11.8 Å². The normalized spacial score (nSPS) is 34.6. The number of thioether (sulfide) groups is 1. The van der Waals surface area contributed by atoms with Crippen LogP contribution in [0.3, 0.4) is 0 Å². The summed E-state index contributed by atoms with van der Waals surface area (Å²) in [5.41, 5.74) is 0. The predicted molar refractivity (Wildman–Crippen MR) is 31.9 cm³/mol. The first kappa shape index (κ1) is 5.91. The van der Waals surface area contributed by atoms with Gasteiger partial charge in [0.15, 0.2) is 0 Å². The van der Waals surface area contributed by atoms with E-state index in [0.717, 1.165) is 0 Å². The molecule has 2 unspecified atom stereocenters. The lowest BCUT2D eigenvalue weighted by Gasteiger charge is -1.85. The van der Waals surface area contributed by atoms with Crippen LogP contribution in [0.4, 0.5) is 0 Å². The van der Waals surface area contributed by atoms with Gasteiger partial charge in [0.1, 0.15) is 5.25 Å². The molecule has 4 heteroatoms. The van der Waals surface area contributed by atoms with Gasteiger partial charge in [-0.05, 0) is 7.05 Å². The van der Waals surface area contributed by atoms with Crippen molar-refractivity contribution in [3.63, 3.8) is 0 Å². The molecular formula is C4H7NO2S. The Labute approximate surface area is 51.5 Å². The van der Waals surface area contributed by atoms with Gasteiger partial charge >= 0.3 is 5.97 Å². The Morgan fingerprint density at radius 2 is 2.50 bits per heavy atom. The van der Waals surface area contributed by atoms with Crippen LogP contribution < -0.4 is 5.32 Å². The van der Waals surface area contributed by atoms with Crippen LogP contribution in [0.25, 0.3) is 0 Å². The Bertz CT molecular complexity index is 117. The maximum Gasteiger partial charge on any atom is 0.319 e. The zero-order valence-corrected chi connectivity index (χ0v) is 5.23. The first-order valence-electron chi connectivity index (χ1n) is 2.31. The fourth-order valence-electron chi connectivity index (χ4n) is 0.520. The van der Waals surface area contributed by atoms with Gasteiger partial charge in [0.2, 0.25) is 0 Å². The lowest BCUT2D eigenvalue weighted by molar-refractivity contribution is -0.135. The molecule has 0 radical (unpaired) electrons. The van der Waals surface area contributed by atoms with E-state index in [1.54, 1.807) is 7.05 Å². The molecular weight excluding hydrogens is 126 g/mol. The van der Waals surface area contributed by atoms with E-state index in [1.807, 2.05) is 0 Å². The van der Waals surface area contributed by atoms with Crippen LogP contribution in [-0.2, 0) is 4.79 Å². The van der Waals surface area contributed by atoms with Gasteiger partial charge in [0.25, 0.3) is 0 Å². The summed E-state index contributed by atoms with van der Waals surface area (Å²) in [5.74, 6) is -0.714. The zero-order chi connectivity index (χ0) is 6.15. The topological polar surface area (TPSA) is 49.3 Å². The third kappa shape index (κ3) is 0.952. The van der Waals surface area contributed by atoms with E-state index in [2.05, 4.69) is 5.32 Å². The standard InChI is InChI=1S/C4H7NO2S/c1-5-3-2(8-3)4(6)7/h2-3,5H,1H3,(H,6,7). The molecule has 1 aliphatic heterocycles. The largest absolute Gasteiger partial charge is 0.480 e. The molecule has 1 fully saturated rings. The number of hydrogen-bond acceptors (Lipinski definition) is 3. The molecule has 0 aliphatic carbocycles. The molecule has 3 nitrogen and oxygen atoms in total. The fraction of sp³-hybridized carbons (Fsp3) is 0.750. The quantitative estimate of drug-likeness (QED) is 0.509. The third-order valence-corrected chi connectivity index (χ3v) is 2.27. The lowest BCUT2D eigenvalue weighted by atomic mass is 10.4. The summed E-state index contributed by atoms with van der Waals surface area (Å²) in [6.45, 7) is 0. The Hall–Kier alpha value is -0.220. The fourth-order valence-corrected chi connectivity index (χ4v) is 1.25. The summed E-state index contributed by atoms with van der Waals surface area (Å²) in [6, 6.07) is 0. The predicted octanol–water partition coefficient (Wildman–Crippen LogP) is -0.268. The molecule has 1 rings (SSSR count). The molecule has 0 bridgehead atoms. The highest BCUT2D eigenvalue weighted by atomic mass is 32.2. The van der Waals surface area contributed by atoms with Crippen molar-refractivity contribution < 1.29 is 9.90 Å². The van der Waals surface area contributed by atoms with Crippen LogP contribution in [0.15, 0.2) is 0 Å². The molecule has 0 aromatic rings. The van der Waals surface area contributed by atoms with E-state index in [9.17, 15) is 4.79 Å². The van der Waals surface area contributed by atoms with Crippen molar-refractivity contribution in [3.8, 4) is 0 Å². The van der Waals surface area contributed by atoms with Crippen LogP contribution in [0.1, 0.15) is 0 Å². The van der Waals surface area contributed by atoms with Crippen LogP contribution in [0.5, 0.6) is 0 Å². The minimum Gasteiger partial charge on any atom is -0.480 e. The van der Waals surface area contributed by atoms with E-state index < -0.39 is 5.97 Å². The molecule has 1 heterocycles. The average Bonchev–Trinajstić information content (AvgIpc) is 2.42. The second-order valence-corrected chi connectivity index (χ2v) is 2.89. The smallest absolute Gasteiger partial charge is 0.319 e. The molecule has 2 N–H and O–H groups in total. The van der Waals surface area contributed by atoms with Gasteiger partial charge in [-0.1, -0.05) is 0 Å². The minimum absolute atomic E-state index is 0.160. The van der Waals surface area contributed by atoms with Gasteiger partial charge < -0.3 is 10.4 Å². The van der Waals surface area contributed by atoms with Crippen molar-refractivity contribution in [1.82, 2.24) is 5.32 Å². The molecule has 0 aromatic carbocycles. The van der Waals surface area contributed by atoms with Crippen molar-refractivity contribution >= 4 is 17.7 Å². The number of carboxylic acid groups (broad SMARTS) is 1. The number of carbonyl (C=O) groups is 1. The second-order valence-electron chi connectivity index (χ2n) is 1.60. The SMILES string of the molecule is CNC1SC1C(=O)O. The molecule has 0 saturated carbocycles. The number of aliphatic carboxylic acids is 1. The van der Waals surface area contributed by atoms with Gasteiger partial charge in [-0.2, -0.15) is 0 Å². The van der Waals surface area contributed by atoms with E-state index >= 15 is 0 Å². The highest BCUT2D eigenvalue weighted by Crippen LogP contribution is 2.38. The van der Waals surface area contributed by atoms with E-state index in [-0.39, 0.29) is 10.6 Å². The maximum atomic E-state index is 10.1. The first-order chi connectivity index (χ1) is 3.75. The number of nitrogens with one attached hydrogen (secondary N) is 1. The van der Waals surface area contributed by atoms with Crippen molar-refractivity contribution in [2.45, 2.75) is 10.6 Å². The van der Waals surface area contributed by atoms with Gasteiger partial charge in [-0.3, -0.25) is 4.79 Å². The Balaban J connectivity index is 2.26. The summed E-state index contributed by atoms with van der Waals surface area (Å²) in [6.07, 6.45) is 0. The van der Waals surface area contributed by atoms with Crippen LogP contribution in [0, 0.1) is 0 Å². The van der Waals surface area contributed by atoms with E-state index in [0.29, 0.717) is 0 Å². The molecule has 0 amide bonds. The van der Waals surface area contributed by atoms with Crippen molar-refractivity contribution in [2.75, 3.05) is 7.05 Å². The summed E-state index contributed by atoms with van der Waals surface area (Å²) >= 11 is 1.43. The highest BCUT2D eigenvalue weighted by Gasteiger charge is 2.43. The minimum atomic E-state index is -0.714. The zero-order valence-electron chi connectivity index (χ0n) is 4.42. The number of hydrogen-bond donors (Lipinski definition) is 2. The Morgan fingerprint density at radius 1 is 1.88 bits per heavy atom.